The number of nitrogens with two attached hydrogens (primary N) is 1. The SMILES string of the molecule is Nc1ncc(CN2CCC(Oc3ccccn3)C2)s1. The summed E-state index contributed by atoms with van der Waals surface area (Å²) < 4.78 is 5.86. The highest BCUT2D eigenvalue weighted by Crippen LogP contribution is 2.21. The summed E-state index contributed by atoms with van der Waals surface area (Å²) in [6, 6.07) is 5.73. The molecular formula is C13H16N4OS. The first-order valence-electron chi connectivity index (χ1n) is 6.30. The summed E-state index contributed by atoms with van der Waals surface area (Å²) in [5.74, 6) is 0.705. The van der Waals surface area contributed by atoms with E-state index in [2.05, 4.69) is 14.9 Å². The number of rotatable bonds is 4. The molecule has 1 unspecified atom stereocenters. The molecule has 3 heterocycles. The molecule has 0 aromatic carbocycles. The normalized spacial score (nSPS) is 19.7. The maximum atomic E-state index is 5.86. The van der Waals surface area contributed by atoms with Crippen LogP contribution in [0.3, 0.4) is 0 Å². The standard InChI is InChI=1S/C13H16N4OS/c14-13-16-7-11(19-13)9-17-6-4-10(8-17)18-12-3-1-2-5-15-12/h1-3,5,7,10H,4,6,8-9H2,(H2,14,16). The number of hydrogen-bond donors (Lipinski definition) is 1. The first-order chi connectivity index (χ1) is 9.29. The Bertz CT molecular complexity index is 530. The van der Waals surface area contributed by atoms with Gasteiger partial charge in [-0.15, -0.1) is 11.3 Å². The van der Waals surface area contributed by atoms with Crippen LogP contribution in [-0.2, 0) is 6.54 Å². The van der Waals surface area contributed by atoms with Gasteiger partial charge in [0.2, 0.25) is 5.88 Å². The fourth-order valence-corrected chi connectivity index (χ4v) is 2.97. The molecule has 0 bridgehead atoms. The third-order valence-corrected chi connectivity index (χ3v) is 3.92. The third-order valence-electron chi connectivity index (χ3n) is 3.11. The topological polar surface area (TPSA) is 64.3 Å². The van der Waals surface area contributed by atoms with Crippen molar-refractivity contribution in [1.82, 2.24) is 14.9 Å². The van der Waals surface area contributed by atoms with Crippen LogP contribution in [0.2, 0.25) is 0 Å². The molecule has 5 nitrogen and oxygen atoms in total. The minimum atomic E-state index is 0.222. The van der Waals surface area contributed by atoms with Crippen LogP contribution in [-0.4, -0.2) is 34.1 Å². The van der Waals surface area contributed by atoms with Gasteiger partial charge in [0.15, 0.2) is 5.13 Å². The van der Waals surface area contributed by atoms with Crippen LogP contribution in [0, 0.1) is 0 Å². The smallest absolute Gasteiger partial charge is 0.213 e. The predicted molar refractivity (Wildman–Crippen MR) is 75.1 cm³/mol. The maximum absolute atomic E-state index is 5.86. The molecule has 0 amide bonds. The molecule has 1 aliphatic heterocycles. The Labute approximate surface area is 116 Å². The van der Waals surface area contributed by atoms with E-state index < -0.39 is 0 Å². The minimum Gasteiger partial charge on any atom is -0.473 e. The summed E-state index contributed by atoms with van der Waals surface area (Å²) in [5, 5.41) is 0.635. The Morgan fingerprint density at radius 1 is 1.42 bits per heavy atom. The second-order valence-electron chi connectivity index (χ2n) is 4.60. The maximum Gasteiger partial charge on any atom is 0.213 e. The quantitative estimate of drug-likeness (QED) is 0.922. The highest BCUT2D eigenvalue weighted by molar-refractivity contribution is 7.15. The summed E-state index contributed by atoms with van der Waals surface area (Å²) in [7, 11) is 0. The van der Waals surface area contributed by atoms with E-state index in [1.165, 1.54) is 4.88 Å². The first kappa shape index (κ1) is 12.4. The Morgan fingerprint density at radius 3 is 3.11 bits per heavy atom. The Hall–Kier alpha value is -1.66. The van der Waals surface area contributed by atoms with Gasteiger partial charge < -0.3 is 10.5 Å². The lowest BCUT2D eigenvalue weighted by Gasteiger charge is -2.15. The van der Waals surface area contributed by atoms with Crippen LogP contribution in [0.4, 0.5) is 5.13 Å². The molecule has 0 aliphatic carbocycles. The lowest BCUT2D eigenvalue weighted by molar-refractivity contribution is 0.191. The van der Waals surface area contributed by atoms with Crippen molar-refractivity contribution in [3.8, 4) is 5.88 Å². The molecular weight excluding hydrogens is 260 g/mol. The number of aromatic nitrogens is 2. The molecule has 3 rings (SSSR count). The molecule has 6 heteroatoms. The van der Waals surface area contributed by atoms with Gasteiger partial charge in [0.1, 0.15) is 6.10 Å². The summed E-state index contributed by atoms with van der Waals surface area (Å²) >= 11 is 1.55. The van der Waals surface area contributed by atoms with Crippen molar-refractivity contribution in [3.05, 3.63) is 35.5 Å². The number of ether oxygens (including phenoxy) is 1. The third kappa shape index (κ3) is 3.21. The summed E-state index contributed by atoms with van der Waals surface area (Å²) in [5.41, 5.74) is 5.64. The zero-order valence-corrected chi connectivity index (χ0v) is 11.3. The zero-order chi connectivity index (χ0) is 13.1. The number of anilines is 1. The van der Waals surface area contributed by atoms with E-state index in [-0.39, 0.29) is 6.10 Å². The van der Waals surface area contributed by atoms with Crippen molar-refractivity contribution in [2.45, 2.75) is 19.1 Å². The van der Waals surface area contributed by atoms with Crippen LogP contribution >= 0.6 is 11.3 Å². The highest BCUT2D eigenvalue weighted by Gasteiger charge is 2.24. The van der Waals surface area contributed by atoms with Crippen molar-refractivity contribution in [1.29, 1.82) is 0 Å². The molecule has 19 heavy (non-hydrogen) atoms. The summed E-state index contributed by atoms with van der Waals surface area (Å²) in [6.45, 7) is 2.86. The Kier molecular flexibility index (Phi) is 3.61. The van der Waals surface area contributed by atoms with E-state index in [4.69, 9.17) is 10.5 Å². The second-order valence-corrected chi connectivity index (χ2v) is 5.74. The molecule has 1 atom stereocenters. The second kappa shape index (κ2) is 5.54. The van der Waals surface area contributed by atoms with Gasteiger partial charge in [-0.2, -0.15) is 0 Å². The lowest BCUT2D eigenvalue weighted by Crippen LogP contribution is -2.24. The van der Waals surface area contributed by atoms with E-state index in [9.17, 15) is 0 Å². The van der Waals surface area contributed by atoms with Crippen LogP contribution in [0.1, 0.15) is 11.3 Å². The van der Waals surface area contributed by atoms with Gasteiger partial charge in [0, 0.05) is 43.0 Å². The molecule has 1 fully saturated rings. The van der Waals surface area contributed by atoms with E-state index in [1.54, 1.807) is 17.5 Å². The number of nitrogens with zero attached hydrogens (tertiary/aromatic N) is 3. The van der Waals surface area contributed by atoms with Crippen molar-refractivity contribution in [2.24, 2.45) is 0 Å². The molecule has 1 saturated heterocycles. The summed E-state index contributed by atoms with van der Waals surface area (Å²) in [4.78, 5) is 11.8. The van der Waals surface area contributed by atoms with Crippen LogP contribution in [0.15, 0.2) is 30.6 Å². The van der Waals surface area contributed by atoms with Crippen molar-refractivity contribution < 1.29 is 4.74 Å². The largest absolute Gasteiger partial charge is 0.473 e. The van der Waals surface area contributed by atoms with Crippen molar-refractivity contribution >= 4 is 16.5 Å². The molecule has 0 spiro atoms. The van der Waals surface area contributed by atoms with E-state index in [1.807, 2.05) is 24.4 Å². The average Bonchev–Trinajstić information content (AvgIpc) is 3.01. The van der Waals surface area contributed by atoms with Gasteiger partial charge in [-0.1, -0.05) is 6.07 Å². The van der Waals surface area contributed by atoms with Crippen molar-refractivity contribution in [2.75, 3.05) is 18.8 Å². The molecule has 1 aliphatic rings. The lowest BCUT2D eigenvalue weighted by atomic mass is 10.3. The highest BCUT2D eigenvalue weighted by atomic mass is 32.1. The van der Waals surface area contributed by atoms with Crippen LogP contribution < -0.4 is 10.5 Å². The molecule has 0 saturated carbocycles. The van der Waals surface area contributed by atoms with E-state index >= 15 is 0 Å². The Morgan fingerprint density at radius 2 is 2.37 bits per heavy atom. The first-order valence-corrected chi connectivity index (χ1v) is 7.11. The number of thiazole rings is 1. The molecule has 2 aromatic heterocycles. The number of pyridine rings is 1. The molecule has 0 radical (unpaired) electrons. The van der Waals surface area contributed by atoms with Gasteiger partial charge >= 0.3 is 0 Å². The van der Waals surface area contributed by atoms with Gasteiger partial charge in [-0.25, -0.2) is 9.97 Å². The Balaban J connectivity index is 1.53. The monoisotopic (exact) mass is 276 g/mol. The molecule has 100 valence electrons. The number of hydrogen-bond acceptors (Lipinski definition) is 6. The van der Waals surface area contributed by atoms with Crippen molar-refractivity contribution in [3.63, 3.8) is 0 Å². The number of likely N-dealkylation sites (tertiary alicyclic amines) is 1. The molecule has 2 aromatic rings. The predicted octanol–water partition coefficient (Wildman–Crippen LogP) is 1.77. The van der Waals surface area contributed by atoms with Crippen LogP contribution in [0.5, 0.6) is 5.88 Å². The zero-order valence-electron chi connectivity index (χ0n) is 10.5. The molecule has 2 N–H and O–H groups in total. The van der Waals surface area contributed by atoms with Gasteiger partial charge in [-0.3, -0.25) is 4.90 Å². The fourth-order valence-electron chi connectivity index (χ4n) is 2.24. The van der Waals surface area contributed by atoms with Crippen LogP contribution in [0.25, 0.3) is 0 Å². The van der Waals surface area contributed by atoms with Gasteiger partial charge in [-0.05, 0) is 12.5 Å². The minimum absolute atomic E-state index is 0.222. The van der Waals surface area contributed by atoms with E-state index in [0.717, 1.165) is 26.1 Å². The average molecular weight is 276 g/mol. The number of nitrogen functional groups attached to an aromatic ring is 1. The summed E-state index contributed by atoms with van der Waals surface area (Å²) in [6.07, 6.45) is 4.86. The van der Waals surface area contributed by atoms with E-state index in [0.29, 0.717) is 11.0 Å². The van der Waals surface area contributed by atoms with Gasteiger partial charge in [0.05, 0.1) is 0 Å². The van der Waals surface area contributed by atoms with Gasteiger partial charge in [0.25, 0.3) is 0 Å². The fraction of sp³-hybridized carbons (Fsp3) is 0.385.